The number of aryl methyl sites for hydroxylation is 1. The number of benzene rings is 2. The van der Waals surface area contributed by atoms with Gasteiger partial charge in [0.05, 0.1) is 19.1 Å². The van der Waals surface area contributed by atoms with Gasteiger partial charge < -0.3 is 4.74 Å². The van der Waals surface area contributed by atoms with Crippen LogP contribution < -0.4 is 4.74 Å². The molecule has 2 rings (SSSR count). The molecule has 0 aromatic heterocycles. The maximum atomic E-state index is 9.50. The van der Waals surface area contributed by atoms with Gasteiger partial charge in [0.2, 0.25) is 0 Å². The molecule has 0 heterocycles. The number of rotatable bonds is 5. The van der Waals surface area contributed by atoms with Gasteiger partial charge in [-0.3, -0.25) is 0 Å². The van der Waals surface area contributed by atoms with Crippen molar-refractivity contribution in [2.45, 2.75) is 25.7 Å². The lowest BCUT2D eigenvalue weighted by Gasteiger charge is -2.14. The molecule has 0 spiro atoms. The molecule has 0 N–H and O–H groups in total. The van der Waals surface area contributed by atoms with E-state index >= 15 is 0 Å². The summed E-state index contributed by atoms with van der Waals surface area (Å²) in [5, 5.41) is 10.2. The third-order valence-electron chi connectivity index (χ3n) is 3.63. The summed E-state index contributed by atoms with van der Waals surface area (Å²) in [6, 6.07) is 16.0. The standard InChI is InChI=1S/C18H18ClNO/c1-3-13-10-14(8-9-18(13)21-2)16(12-20)11-15-6-4-5-7-17(15)19/h4-10,16H,3,11H2,1-2H3. The van der Waals surface area contributed by atoms with E-state index in [1.165, 1.54) is 0 Å². The molecule has 0 saturated heterocycles. The minimum absolute atomic E-state index is 0.207. The normalized spacial score (nSPS) is 11.7. The largest absolute Gasteiger partial charge is 0.496 e. The zero-order chi connectivity index (χ0) is 15.2. The van der Waals surface area contributed by atoms with E-state index in [0.29, 0.717) is 11.4 Å². The van der Waals surface area contributed by atoms with Gasteiger partial charge in [-0.1, -0.05) is 48.9 Å². The van der Waals surface area contributed by atoms with Crippen LogP contribution in [0.2, 0.25) is 5.02 Å². The Morgan fingerprint density at radius 3 is 2.57 bits per heavy atom. The predicted octanol–water partition coefficient (Wildman–Crippen LogP) is 4.76. The maximum Gasteiger partial charge on any atom is 0.122 e. The highest BCUT2D eigenvalue weighted by Crippen LogP contribution is 2.28. The van der Waals surface area contributed by atoms with Crippen LogP contribution in [0.4, 0.5) is 0 Å². The summed E-state index contributed by atoms with van der Waals surface area (Å²) >= 11 is 6.19. The lowest BCUT2D eigenvalue weighted by atomic mass is 9.91. The van der Waals surface area contributed by atoms with Gasteiger partial charge in [-0.2, -0.15) is 5.26 Å². The fourth-order valence-corrected chi connectivity index (χ4v) is 2.63. The van der Waals surface area contributed by atoms with E-state index in [0.717, 1.165) is 28.9 Å². The molecule has 21 heavy (non-hydrogen) atoms. The quantitative estimate of drug-likeness (QED) is 0.797. The van der Waals surface area contributed by atoms with Crippen LogP contribution in [-0.2, 0) is 12.8 Å². The van der Waals surface area contributed by atoms with Gasteiger partial charge in [0, 0.05) is 5.02 Å². The first kappa shape index (κ1) is 15.4. The summed E-state index contributed by atoms with van der Waals surface area (Å²) in [5.41, 5.74) is 3.13. The Hall–Kier alpha value is -1.98. The molecule has 0 fully saturated rings. The Labute approximate surface area is 130 Å². The number of halogens is 1. The van der Waals surface area contributed by atoms with Crippen molar-refractivity contribution in [2.75, 3.05) is 7.11 Å². The molecule has 0 aliphatic heterocycles. The van der Waals surface area contributed by atoms with Crippen LogP contribution in [0.1, 0.15) is 29.5 Å². The van der Waals surface area contributed by atoms with Crippen molar-refractivity contribution in [2.24, 2.45) is 0 Å². The molecule has 2 aromatic carbocycles. The fourth-order valence-electron chi connectivity index (χ4n) is 2.41. The zero-order valence-corrected chi connectivity index (χ0v) is 13.0. The molecule has 3 heteroatoms. The lowest BCUT2D eigenvalue weighted by Crippen LogP contribution is -2.02. The topological polar surface area (TPSA) is 33.0 Å². The molecule has 0 bridgehead atoms. The lowest BCUT2D eigenvalue weighted by molar-refractivity contribution is 0.410. The van der Waals surface area contributed by atoms with E-state index in [1.54, 1.807) is 7.11 Å². The molecular weight excluding hydrogens is 282 g/mol. The molecule has 1 atom stereocenters. The van der Waals surface area contributed by atoms with Gasteiger partial charge in [-0.25, -0.2) is 0 Å². The van der Waals surface area contributed by atoms with Gasteiger partial charge in [0.25, 0.3) is 0 Å². The van der Waals surface area contributed by atoms with Crippen molar-refractivity contribution in [1.82, 2.24) is 0 Å². The predicted molar refractivity (Wildman–Crippen MR) is 85.9 cm³/mol. The molecule has 1 unspecified atom stereocenters. The van der Waals surface area contributed by atoms with E-state index < -0.39 is 0 Å². The van der Waals surface area contributed by atoms with Crippen LogP contribution in [0.5, 0.6) is 5.75 Å². The Kier molecular flexibility index (Phi) is 5.25. The smallest absolute Gasteiger partial charge is 0.122 e. The summed E-state index contributed by atoms with van der Waals surface area (Å²) in [6.07, 6.45) is 1.49. The number of methoxy groups -OCH3 is 1. The molecule has 0 aliphatic rings. The van der Waals surface area contributed by atoms with Crippen molar-refractivity contribution in [3.63, 3.8) is 0 Å². The third kappa shape index (κ3) is 3.56. The highest BCUT2D eigenvalue weighted by molar-refractivity contribution is 6.31. The number of nitriles is 1. The minimum atomic E-state index is -0.207. The summed E-state index contributed by atoms with van der Waals surface area (Å²) in [5.74, 6) is 0.664. The minimum Gasteiger partial charge on any atom is -0.496 e. The Morgan fingerprint density at radius 1 is 1.19 bits per heavy atom. The number of hydrogen-bond acceptors (Lipinski definition) is 2. The molecule has 2 aromatic rings. The Balaban J connectivity index is 2.30. The highest BCUT2D eigenvalue weighted by atomic mass is 35.5. The molecule has 0 radical (unpaired) electrons. The maximum absolute atomic E-state index is 9.50. The van der Waals surface area contributed by atoms with E-state index in [9.17, 15) is 5.26 Å². The van der Waals surface area contributed by atoms with Crippen molar-refractivity contribution in [1.29, 1.82) is 5.26 Å². The Bertz CT molecular complexity index is 661. The van der Waals surface area contributed by atoms with E-state index in [4.69, 9.17) is 16.3 Å². The SMILES string of the molecule is CCc1cc(C(C#N)Cc2ccccc2Cl)ccc1OC. The average molecular weight is 300 g/mol. The van der Waals surface area contributed by atoms with Crippen LogP contribution in [0.3, 0.4) is 0 Å². The third-order valence-corrected chi connectivity index (χ3v) is 3.99. The number of hydrogen-bond donors (Lipinski definition) is 0. The summed E-state index contributed by atoms with van der Waals surface area (Å²) in [4.78, 5) is 0. The van der Waals surface area contributed by atoms with Gasteiger partial charge in [-0.05, 0) is 41.7 Å². The fraction of sp³-hybridized carbons (Fsp3) is 0.278. The van der Waals surface area contributed by atoms with E-state index in [-0.39, 0.29) is 5.92 Å². The van der Waals surface area contributed by atoms with E-state index in [1.807, 2.05) is 36.4 Å². The molecule has 2 nitrogen and oxygen atoms in total. The molecule has 108 valence electrons. The number of ether oxygens (including phenoxy) is 1. The van der Waals surface area contributed by atoms with Crippen LogP contribution in [-0.4, -0.2) is 7.11 Å². The van der Waals surface area contributed by atoms with Gasteiger partial charge in [-0.15, -0.1) is 0 Å². The van der Waals surface area contributed by atoms with Crippen molar-refractivity contribution in [3.8, 4) is 11.8 Å². The summed E-state index contributed by atoms with van der Waals surface area (Å²) < 4.78 is 5.34. The van der Waals surface area contributed by atoms with E-state index in [2.05, 4.69) is 19.1 Å². The molecular formula is C18H18ClNO. The second kappa shape index (κ2) is 7.15. The summed E-state index contributed by atoms with van der Waals surface area (Å²) in [7, 11) is 1.67. The van der Waals surface area contributed by atoms with Crippen LogP contribution >= 0.6 is 11.6 Å². The van der Waals surface area contributed by atoms with Gasteiger partial charge in [0.15, 0.2) is 0 Å². The second-order valence-corrected chi connectivity index (χ2v) is 5.31. The molecule has 0 saturated carbocycles. The van der Waals surface area contributed by atoms with Crippen LogP contribution in [0, 0.1) is 11.3 Å². The summed E-state index contributed by atoms with van der Waals surface area (Å²) in [6.45, 7) is 2.08. The zero-order valence-electron chi connectivity index (χ0n) is 12.3. The first-order valence-corrected chi connectivity index (χ1v) is 7.37. The first-order valence-electron chi connectivity index (χ1n) is 6.99. The highest BCUT2D eigenvalue weighted by Gasteiger charge is 2.15. The monoisotopic (exact) mass is 299 g/mol. The van der Waals surface area contributed by atoms with Crippen molar-refractivity contribution < 1.29 is 4.74 Å². The number of nitrogens with zero attached hydrogens (tertiary/aromatic N) is 1. The molecule has 0 amide bonds. The Morgan fingerprint density at radius 2 is 1.95 bits per heavy atom. The van der Waals surface area contributed by atoms with Gasteiger partial charge in [0.1, 0.15) is 5.75 Å². The van der Waals surface area contributed by atoms with Gasteiger partial charge >= 0.3 is 0 Å². The van der Waals surface area contributed by atoms with Crippen LogP contribution in [0.15, 0.2) is 42.5 Å². The first-order chi connectivity index (χ1) is 10.2. The average Bonchev–Trinajstić information content (AvgIpc) is 2.53. The van der Waals surface area contributed by atoms with Crippen molar-refractivity contribution >= 4 is 11.6 Å². The van der Waals surface area contributed by atoms with Crippen molar-refractivity contribution in [3.05, 3.63) is 64.2 Å². The molecule has 0 aliphatic carbocycles. The van der Waals surface area contributed by atoms with Crippen LogP contribution in [0.25, 0.3) is 0 Å². The second-order valence-electron chi connectivity index (χ2n) is 4.90.